The number of likely N-dealkylation sites (tertiary alicyclic amines) is 2. The third kappa shape index (κ3) is 4.41. The van der Waals surface area contributed by atoms with Gasteiger partial charge in [0.2, 0.25) is 0 Å². The molecule has 1 saturated carbocycles. The van der Waals surface area contributed by atoms with E-state index in [0.29, 0.717) is 35.5 Å². The van der Waals surface area contributed by atoms with Crippen LogP contribution in [0, 0.1) is 0 Å². The molecule has 3 aliphatic rings. The highest BCUT2D eigenvalue weighted by atomic mass is 35.5. The van der Waals surface area contributed by atoms with Crippen LogP contribution in [0.25, 0.3) is 0 Å². The molecule has 2 saturated heterocycles. The zero-order valence-electron chi connectivity index (χ0n) is 20.2. The van der Waals surface area contributed by atoms with Crippen LogP contribution < -0.4 is 0 Å². The Hall–Kier alpha value is -3.19. The van der Waals surface area contributed by atoms with Gasteiger partial charge in [-0.3, -0.25) is 19.3 Å². The molecular formula is C28H30ClN5O2. The summed E-state index contributed by atoms with van der Waals surface area (Å²) in [6.07, 6.45) is 10.3. The first-order valence-corrected chi connectivity index (χ1v) is 13.3. The molecule has 3 fully saturated rings. The number of rotatable bonds is 5. The molecule has 2 aliphatic heterocycles. The molecule has 1 atom stereocenters. The van der Waals surface area contributed by atoms with Gasteiger partial charge in [0.15, 0.2) is 0 Å². The molecule has 0 spiro atoms. The quantitative estimate of drug-likeness (QED) is 0.495. The summed E-state index contributed by atoms with van der Waals surface area (Å²) in [5, 5.41) is 5.24. The van der Waals surface area contributed by atoms with Gasteiger partial charge in [0.1, 0.15) is 0 Å². The number of halogens is 1. The van der Waals surface area contributed by atoms with Crippen LogP contribution in [0.1, 0.15) is 82.0 Å². The maximum Gasteiger partial charge on any atom is 0.257 e. The average Bonchev–Trinajstić information content (AvgIpc) is 3.46. The van der Waals surface area contributed by atoms with Crippen molar-refractivity contribution >= 4 is 23.4 Å². The Morgan fingerprint density at radius 1 is 0.806 bits per heavy atom. The molecule has 2 amide bonds. The number of amides is 2. The predicted molar refractivity (Wildman–Crippen MR) is 137 cm³/mol. The fourth-order valence-electron chi connectivity index (χ4n) is 5.71. The predicted octanol–water partition coefficient (Wildman–Crippen LogP) is 4.92. The van der Waals surface area contributed by atoms with Crippen LogP contribution in [0.4, 0.5) is 0 Å². The number of benzene rings is 1. The van der Waals surface area contributed by atoms with Gasteiger partial charge in [-0.15, -0.1) is 0 Å². The minimum absolute atomic E-state index is 0.0185. The van der Waals surface area contributed by atoms with E-state index in [4.69, 9.17) is 16.7 Å². The zero-order chi connectivity index (χ0) is 24.6. The van der Waals surface area contributed by atoms with E-state index in [9.17, 15) is 9.59 Å². The molecule has 3 aromatic rings. The molecule has 8 heteroatoms. The van der Waals surface area contributed by atoms with Gasteiger partial charge in [0, 0.05) is 50.4 Å². The summed E-state index contributed by atoms with van der Waals surface area (Å²) in [5.74, 6) is 0.823. The Bertz CT molecular complexity index is 1260. The Morgan fingerprint density at radius 3 is 2.28 bits per heavy atom. The van der Waals surface area contributed by atoms with Gasteiger partial charge in [-0.1, -0.05) is 29.8 Å². The minimum atomic E-state index is -0.0185. The molecular weight excluding hydrogens is 474 g/mol. The smallest absolute Gasteiger partial charge is 0.257 e. The first-order valence-electron chi connectivity index (χ1n) is 12.9. The Labute approximate surface area is 216 Å². The van der Waals surface area contributed by atoms with Crippen LogP contribution >= 0.6 is 11.6 Å². The van der Waals surface area contributed by atoms with Crippen molar-refractivity contribution in [1.29, 1.82) is 0 Å². The fourth-order valence-corrected chi connectivity index (χ4v) is 5.93. The van der Waals surface area contributed by atoms with Gasteiger partial charge in [-0.05, 0) is 55.9 Å². The number of carbonyl (C=O) groups excluding carboxylic acids is 2. The maximum absolute atomic E-state index is 13.6. The van der Waals surface area contributed by atoms with Crippen molar-refractivity contribution < 1.29 is 9.59 Å². The van der Waals surface area contributed by atoms with Crippen molar-refractivity contribution in [1.82, 2.24) is 24.6 Å². The van der Waals surface area contributed by atoms with Crippen LogP contribution in [0.3, 0.4) is 0 Å². The Kier molecular flexibility index (Phi) is 6.25. The molecule has 0 bridgehead atoms. The van der Waals surface area contributed by atoms with Crippen molar-refractivity contribution in [3.63, 3.8) is 0 Å². The standard InChI is InChI=1S/C28H30ClN5O2/c29-25-6-2-1-5-23(25)27(35)32-14-10-22(11-15-32)34-26(19-7-8-19)24(17-31-34)28(36)33-13-9-21(18-33)20-4-3-12-30-16-20/h1-6,12,16-17,19,21-22H,7-11,13-15,18H2. The van der Waals surface area contributed by atoms with E-state index in [1.165, 1.54) is 5.56 Å². The normalized spacial score (nSPS) is 20.6. The molecule has 186 valence electrons. The van der Waals surface area contributed by atoms with Crippen LogP contribution in [0.2, 0.25) is 5.02 Å². The summed E-state index contributed by atoms with van der Waals surface area (Å²) in [7, 11) is 0. The van der Waals surface area contributed by atoms with Gasteiger partial charge in [-0.25, -0.2) is 0 Å². The average molecular weight is 504 g/mol. The molecule has 1 aliphatic carbocycles. The summed E-state index contributed by atoms with van der Waals surface area (Å²) in [6.45, 7) is 2.79. The molecule has 1 unspecified atom stereocenters. The van der Waals surface area contributed by atoms with Crippen LogP contribution in [-0.4, -0.2) is 62.6 Å². The number of pyridine rings is 1. The summed E-state index contributed by atoms with van der Waals surface area (Å²) in [6, 6.07) is 11.5. The van der Waals surface area contributed by atoms with Gasteiger partial charge in [0.25, 0.3) is 11.8 Å². The van der Waals surface area contributed by atoms with E-state index in [0.717, 1.165) is 56.5 Å². The lowest BCUT2D eigenvalue weighted by molar-refractivity contribution is 0.0689. The topological polar surface area (TPSA) is 71.3 Å². The van der Waals surface area contributed by atoms with Crippen molar-refractivity contribution in [3.05, 3.63) is 82.4 Å². The minimum Gasteiger partial charge on any atom is -0.338 e. The second kappa shape index (κ2) is 9.69. The molecule has 0 radical (unpaired) electrons. The SMILES string of the molecule is O=C(c1ccccc1Cl)N1CCC(n2ncc(C(=O)N3CCC(c4cccnc4)C3)c2C2CC2)CC1. The first-order chi connectivity index (χ1) is 17.6. The van der Waals surface area contributed by atoms with E-state index in [1.54, 1.807) is 24.5 Å². The monoisotopic (exact) mass is 503 g/mol. The second-order valence-corrected chi connectivity index (χ2v) is 10.6. The zero-order valence-corrected chi connectivity index (χ0v) is 21.0. The van der Waals surface area contributed by atoms with Crippen molar-refractivity contribution in [2.75, 3.05) is 26.2 Å². The summed E-state index contributed by atoms with van der Waals surface area (Å²) in [5.41, 5.74) is 3.61. The molecule has 7 nitrogen and oxygen atoms in total. The summed E-state index contributed by atoms with van der Waals surface area (Å²) >= 11 is 6.25. The van der Waals surface area contributed by atoms with E-state index in [2.05, 4.69) is 15.7 Å². The summed E-state index contributed by atoms with van der Waals surface area (Å²) in [4.78, 5) is 34.7. The van der Waals surface area contributed by atoms with E-state index < -0.39 is 0 Å². The molecule has 0 N–H and O–H groups in total. The van der Waals surface area contributed by atoms with Crippen molar-refractivity contribution in [2.45, 2.75) is 50.0 Å². The van der Waals surface area contributed by atoms with Gasteiger partial charge < -0.3 is 9.80 Å². The highest BCUT2D eigenvalue weighted by Crippen LogP contribution is 2.44. The number of nitrogens with zero attached hydrogens (tertiary/aromatic N) is 5. The second-order valence-electron chi connectivity index (χ2n) is 10.2. The van der Waals surface area contributed by atoms with Gasteiger partial charge in [0.05, 0.1) is 34.1 Å². The molecule has 4 heterocycles. The van der Waals surface area contributed by atoms with E-state index >= 15 is 0 Å². The third-order valence-electron chi connectivity index (χ3n) is 7.86. The van der Waals surface area contributed by atoms with Gasteiger partial charge >= 0.3 is 0 Å². The van der Waals surface area contributed by atoms with Crippen molar-refractivity contribution in [2.24, 2.45) is 0 Å². The lowest BCUT2D eigenvalue weighted by Gasteiger charge is -2.33. The lowest BCUT2D eigenvalue weighted by atomic mass is 10.0. The fraction of sp³-hybridized carbons (Fsp3) is 0.429. The maximum atomic E-state index is 13.6. The largest absolute Gasteiger partial charge is 0.338 e. The highest BCUT2D eigenvalue weighted by molar-refractivity contribution is 6.33. The van der Waals surface area contributed by atoms with Crippen molar-refractivity contribution in [3.8, 4) is 0 Å². The summed E-state index contributed by atoms with van der Waals surface area (Å²) < 4.78 is 2.11. The molecule has 6 rings (SSSR count). The number of hydrogen-bond donors (Lipinski definition) is 0. The first kappa shape index (κ1) is 23.2. The molecule has 2 aromatic heterocycles. The van der Waals surface area contributed by atoms with Crippen LogP contribution in [-0.2, 0) is 0 Å². The lowest BCUT2D eigenvalue weighted by Crippen LogP contribution is -2.39. The van der Waals surface area contributed by atoms with E-state index in [1.807, 2.05) is 34.2 Å². The number of piperidine rings is 1. The number of hydrogen-bond acceptors (Lipinski definition) is 4. The molecule has 36 heavy (non-hydrogen) atoms. The van der Waals surface area contributed by atoms with Gasteiger partial charge in [-0.2, -0.15) is 5.10 Å². The van der Waals surface area contributed by atoms with Crippen LogP contribution in [0.5, 0.6) is 0 Å². The third-order valence-corrected chi connectivity index (χ3v) is 8.19. The highest BCUT2D eigenvalue weighted by Gasteiger charge is 2.38. The van der Waals surface area contributed by atoms with Crippen LogP contribution in [0.15, 0.2) is 55.0 Å². The van der Waals surface area contributed by atoms with E-state index in [-0.39, 0.29) is 17.9 Å². The molecule has 1 aromatic carbocycles. The Balaban J connectivity index is 1.15. The number of aromatic nitrogens is 3. The number of carbonyl (C=O) groups is 2. The Morgan fingerprint density at radius 2 is 1.56 bits per heavy atom.